The van der Waals surface area contributed by atoms with Gasteiger partial charge in [0.2, 0.25) is 15.9 Å². The van der Waals surface area contributed by atoms with Crippen molar-refractivity contribution in [1.82, 2.24) is 15.6 Å². The number of hydrogen-bond donors (Lipinski definition) is 4. The van der Waals surface area contributed by atoms with Crippen LogP contribution in [0.3, 0.4) is 0 Å². The zero-order valence-electron chi connectivity index (χ0n) is 20.0. The van der Waals surface area contributed by atoms with Crippen molar-refractivity contribution < 1.29 is 37.4 Å². The molecule has 0 radical (unpaired) electrons. The van der Waals surface area contributed by atoms with Crippen LogP contribution in [0.2, 0.25) is 0 Å². The van der Waals surface area contributed by atoms with Crippen LogP contribution >= 0.6 is 0 Å². The SMILES string of the molecule is COCCC(NC(C)=O)C(O)C(O)C(Cc1ccccc1)NC(=O)c1coc(N(C)S(C)(=O)=O)n1. The number of nitrogens with one attached hydrogen (secondary N) is 2. The summed E-state index contributed by atoms with van der Waals surface area (Å²) in [5.74, 6) is -1.15. The van der Waals surface area contributed by atoms with E-state index in [0.29, 0.717) is 0 Å². The maximum atomic E-state index is 12.9. The van der Waals surface area contributed by atoms with E-state index in [4.69, 9.17) is 9.15 Å². The number of carbonyl (C=O) groups excluding carboxylic acids is 2. The molecule has 13 heteroatoms. The molecule has 0 saturated carbocycles. The molecule has 1 aromatic heterocycles. The number of amides is 2. The van der Waals surface area contributed by atoms with Crippen LogP contribution < -0.4 is 14.9 Å². The smallest absolute Gasteiger partial charge is 0.311 e. The minimum Gasteiger partial charge on any atom is -0.430 e. The van der Waals surface area contributed by atoms with E-state index in [1.807, 2.05) is 6.07 Å². The largest absolute Gasteiger partial charge is 0.430 e. The zero-order chi connectivity index (χ0) is 26.2. The molecule has 0 fully saturated rings. The average molecular weight is 513 g/mol. The van der Waals surface area contributed by atoms with Crippen LogP contribution in [0.5, 0.6) is 0 Å². The lowest BCUT2D eigenvalue weighted by molar-refractivity contribution is -0.121. The van der Waals surface area contributed by atoms with E-state index in [1.54, 1.807) is 24.3 Å². The summed E-state index contributed by atoms with van der Waals surface area (Å²) in [5.41, 5.74) is 0.558. The summed E-state index contributed by atoms with van der Waals surface area (Å²) in [7, 11) is -0.959. The van der Waals surface area contributed by atoms with Crippen LogP contribution in [-0.4, -0.2) is 86.7 Å². The summed E-state index contributed by atoms with van der Waals surface area (Å²) >= 11 is 0. The van der Waals surface area contributed by atoms with Gasteiger partial charge in [0.15, 0.2) is 5.69 Å². The van der Waals surface area contributed by atoms with E-state index in [1.165, 1.54) is 21.1 Å². The first-order chi connectivity index (χ1) is 16.4. The van der Waals surface area contributed by atoms with Gasteiger partial charge in [-0.2, -0.15) is 4.98 Å². The molecule has 35 heavy (non-hydrogen) atoms. The third kappa shape index (κ3) is 8.31. The van der Waals surface area contributed by atoms with Crippen LogP contribution in [0.15, 0.2) is 41.0 Å². The minimum atomic E-state index is -3.66. The fourth-order valence-electron chi connectivity index (χ4n) is 3.33. The Morgan fingerprint density at radius 1 is 1.14 bits per heavy atom. The van der Waals surface area contributed by atoms with Crippen LogP contribution in [0.25, 0.3) is 0 Å². The molecule has 0 aliphatic rings. The lowest BCUT2D eigenvalue weighted by atomic mass is 9.92. The number of aromatic nitrogens is 1. The van der Waals surface area contributed by atoms with Gasteiger partial charge in [0, 0.05) is 27.7 Å². The van der Waals surface area contributed by atoms with Crippen LogP contribution in [-0.2, 0) is 26.0 Å². The Hall–Kier alpha value is -3.00. The van der Waals surface area contributed by atoms with Crippen molar-refractivity contribution in [2.45, 2.75) is 44.1 Å². The molecule has 0 spiro atoms. The number of hydrogen-bond acceptors (Lipinski definition) is 9. The molecule has 1 heterocycles. The number of ether oxygens (including phenoxy) is 1. The number of aliphatic hydroxyl groups is 2. The van der Waals surface area contributed by atoms with Gasteiger partial charge in [-0.05, 0) is 18.4 Å². The molecule has 194 valence electrons. The van der Waals surface area contributed by atoms with Gasteiger partial charge in [0.05, 0.1) is 18.3 Å². The molecule has 0 aliphatic carbocycles. The van der Waals surface area contributed by atoms with E-state index in [9.17, 15) is 28.2 Å². The van der Waals surface area contributed by atoms with Crippen molar-refractivity contribution in [2.75, 3.05) is 31.3 Å². The molecule has 0 saturated heterocycles. The fraction of sp³-hybridized carbons (Fsp3) is 0.500. The normalized spacial score (nSPS) is 15.0. The number of anilines is 1. The first kappa shape index (κ1) is 28.2. The summed E-state index contributed by atoms with van der Waals surface area (Å²) in [6, 6.07) is 6.86. The Morgan fingerprint density at radius 2 is 1.77 bits per heavy atom. The summed E-state index contributed by atoms with van der Waals surface area (Å²) in [6.45, 7) is 1.51. The average Bonchev–Trinajstić information content (AvgIpc) is 3.30. The van der Waals surface area contributed by atoms with Crippen molar-refractivity contribution in [3.05, 3.63) is 47.9 Å². The summed E-state index contributed by atoms with van der Waals surface area (Å²) in [4.78, 5) is 28.4. The van der Waals surface area contributed by atoms with Crippen LogP contribution in [0.4, 0.5) is 6.01 Å². The summed E-state index contributed by atoms with van der Waals surface area (Å²) in [6.07, 6.45) is -0.599. The second-order valence-electron chi connectivity index (χ2n) is 8.09. The number of sulfonamides is 1. The van der Waals surface area contributed by atoms with Gasteiger partial charge in [-0.25, -0.2) is 12.7 Å². The predicted octanol–water partition coefficient (Wildman–Crippen LogP) is -0.325. The topological polar surface area (TPSA) is 171 Å². The molecule has 2 amide bonds. The van der Waals surface area contributed by atoms with E-state index < -0.39 is 46.1 Å². The fourth-order valence-corrected chi connectivity index (χ4v) is 3.70. The van der Waals surface area contributed by atoms with Gasteiger partial charge >= 0.3 is 6.01 Å². The van der Waals surface area contributed by atoms with E-state index in [2.05, 4.69) is 15.6 Å². The number of oxazole rings is 1. The second kappa shape index (κ2) is 12.6. The lowest BCUT2D eigenvalue weighted by Gasteiger charge is -2.32. The summed E-state index contributed by atoms with van der Waals surface area (Å²) in [5, 5.41) is 27.1. The molecule has 2 rings (SSSR count). The Balaban J connectivity index is 2.27. The van der Waals surface area contributed by atoms with Gasteiger partial charge in [-0.1, -0.05) is 30.3 Å². The third-order valence-electron chi connectivity index (χ3n) is 5.30. The minimum absolute atomic E-state index is 0.149. The number of methoxy groups -OCH3 is 1. The highest BCUT2D eigenvalue weighted by molar-refractivity contribution is 7.92. The van der Waals surface area contributed by atoms with Gasteiger partial charge in [-0.15, -0.1) is 0 Å². The summed E-state index contributed by atoms with van der Waals surface area (Å²) < 4.78 is 34.3. The molecule has 0 bridgehead atoms. The van der Waals surface area contributed by atoms with Crippen LogP contribution in [0.1, 0.15) is 29.4 Å². The number of nitrogens with zero attached hydrogens (tertiary/aromatic N) is 2. The van der Waals surface area contributed by atoms with E-state index >= 15 is 0 Å². The molecular weight excluding hydrogens is 480 g/mol. The van der Waals surface area contributed by atoms with Crippen molar-refractivity contribution in [1.29, 1.82) is 0 Å². The monoisotopic (exact) mass is 512 g/mol. The Morgan fingerprint density at radius 3 is 2.34 bits per heavy atom. The highest BCUT2D eigenvalue weighted by atomic mass is 32.2. The van der Waals surface area contributed by atoms with Crippen molar-refractivity contribution in [2.24, 2.45) is 0 Å². The van der Waals surface area contributed by atoms with Crippen molar-refractivity contribution >= 4 is 27.9 Å². The van der Waals surface area contributed by atoms with Crippen LogP contribution in [0, 0.1) is 0 Å². The Labute approximate surface area is 204 Å². The highest BCUT2D eigenvalue weighted by Crippen LogP contribution is 2.17. The molecule has 4 N–H and O–H groups in total. The molecule has 12 nitrogen and oxygen atoms in total. The number of rotatable bonds is 13. The maximum absolute atomic E-state index is 12.9. The van der Waals surface area contributed by atoms with Gasteiger partial charge < -0.3 is 30.0 Å². The number of carbonyl (C=O) groups is 2. The first-order valence-corrected chi connectivity index (χ1v) is 12.6. The van der Waals surface area contributed by atoms with Crippen molar-refractivity contribution in [3.63, 3.8) is 0 Å². The Bertz CT molecular complexity index is 1080. The number of benzene rings is 1. The number of aliphatic hydroxyl groups excluding tert-OH is 2. The maximum Gasteiger partial charge on any atom is 0.311 e. The first-order valence-electron chi connectivity index (χ1n) is 10.8. The molecule has 4 unspecified atom stereocenters. The van der Waals surface area contributed by atoms with Gasteiger partial charge in [0.25, 0.3) is 5.91 Å². The standard InChI is InChI=1S/C22H32N4O8S/c1-14(27)23-16(10-11-33-3)19(28)20(29)17(12-15-8-6-5-7-9-15)24-21(30)18-13-34-22(25-18)26(2)35(4,31)32/h5-9,13,16-17,19-20,28-29H,10-12H2,1-4H3,(H,23,27)(H,24,30). The molecule has 2 aromatic rings. The van der Waals surface area contributed by atoms with E-state index in [-0.39, 0.29) is 31.2 Å². The highest BCUT2D eigenvalue weighted by Gasteiger charge is 2.34. The lowest BCUT2D eigenvalue weighted by Crippen LogP contribution is -2.56. The van der Waals surface area contributed by atoms with Crippen molar-refractivity contribution in [3.8, 4) is 0 Å². The van der Waals surface area contributed by atoms with Gasteiger partial charge in [0.1, 0.15) is 18.5 Å². The third-order valence-corrected chi connectivity index (χ3v) is 6.45. The molecule has 0 aliphatic heterocycles. The quantitative estimate of drug-likeness (QED) is 0.281. The van der Waals surface area contributed by atoms with E-state index in [0.717, 1.165) is 22.4 Å². The molecule has 4 atom stereocenters. The second-order valence-corrected chi connectivity index (χ2v) is 10.1. The molecule has 1 aromatic carbocycles. The predicted molar refractivity (Wildman–Crippen MR) is 127 cm³/mol. The zero-order valence-corrected chi connectivity index (χ0v) is 20.9. The Kier molecular flexibility index (Phi) is 10.2. The molecular formula is C22H32N4O8S. The van der Waals surface area contributed by atoms with Gasteiger partial charge in [-0.3, -0.25) is 9.59 Å².